The Labute approximate surface area is 155 Å². The third-order valence-electron chi connectivity index (χ3n) is 4.59. The van der Waals surface area contributed by atoms with Crippen LogP contribution in [0.1, 0.15) is 41.5 Å². The Balaban J connectivity index is 1.76. The third kappa shape index (κ3) is 2.87. The van der Waals surface area contributed by atoms with Gasteiger partial charge in [-0.1, -0.05) is 26.0 Å². The van der Waals surface area contributed by atoms with Crippen molar-refractivity contribution in [2.75, 3.05) is 0 Å². The Bertz CT molecular complexity index is 1200. The summed E-state index contributed by atoms with van der Waals surface area (Å²) in [5.74, 6) is -0.295. The number of aromatic amines is 1. The summed E-state index contributed by atoms with van der Waals surface area (Å²) in [5, 5.41) is 18.8. The van der Waals surface area contributed by atoms with Crippen LogP contribution in [0.3, 0.4) is 0 Å². The van der Waals surface area contributed by atoms with Crippen molar-refractivity contribution in [3.63, 3.8) is 0 Å². The highest BCUT2D eigenvalue weighted by atomic mass is 16.3. The largest absolute Gasteiger partial charge is 0.493 e. The molecule has 3 aromatic heterocycles. The van der Waals surface area contributed by atoms with Gasteiger partial charge in [-0.15, -0.1) is 10.2 Å². The second-order valence-electron chi connectivity index (χ2n) is 6.76. The highest BCUT2D eigenvalue weighted by molar-refractivity contribution is 5.97. The van der Waals surface area contributed by atoms with Gasteiger partial charge in [-0.05, 0) is 42.7 Å². The van der Waals surface area contributed by atoms with Crippen molar-refractivity contribution in [3.05, 3.63) is 59.5 Å². The highest BCUT2D eigenvalue weighted by Gasteiger charge is 2.17. The maximum Gasteiger partial charge on any atom is 0.314 e. The van der Waals surface area contributed by atoms with Gasteiger partial charge in [0.2, 0.25) is 5.88 Å². The standard InChI is InChI=1S/C20H19N5O2/c1-11(2)13-7-8-15-14(10-13)17(19(26)22-15)23-24-20(27)18-12(3)21-16-6-4-5-9-25(16)18/h4-11,22,26H,1-3H3. The van der Waals surface area contributed by atoms with Crippen LogP contribution in [0.5, 0.6) is 5.88 Å². The molecule has 0 bridgehead atoms. The van der Waals surface area contributed by atoms with Crippen molar-refractivity contribution in [1.82, 2.24) is 14.4 Å². The van der Waals surface area contributed by atoms with Gasteiger partial charge in [0.1, 0.15) is 11.3 Å². The first-order chi connectivity index (χ1) is 13.0. The summed E-state index contributed by atoms with van der Waals surface area (Å²) in [4.78, 5) is 19.9. The number of pyridine rings is 1. The Morgan fingerprint density at radius 2 is 2.07 bits per heavy atom. The molecular formula is C20H19N5O2. The molecule has 0 saturated heterocycles. The van der Waals surface area contributed by atoms with E-state index >= 15 is 0 Å². The number of nitrogens with zero attached hydrogens (tertiary/aromatic N) is 4. The van der Waals surface area contributed by atoms with Gasteiger partial charge in [-0.2, -0.15) is 0 Å². The lowest BCUT2D eigenvalue weighted by atomic mass is 10.0. The average molecular weight is 361 g/mol. The van der Waals surface area contributed by atoms with Crippen LogP contribution in [0.25, 0.3) is 16.6 Å². The van der Waals surface area contributed by atoms with Gasteiger partial charge in [0, 0.05) is 11.6 Å². The Morgan fingerprint density at radius 1 is 1.26 bits per heavy atom. The molecule has 0 aliphatic rings. The number of aryl methyl sites for hydroxylation is 1. The van der Waals surface area contributed by atoms with Crippen molar-refractivity contribution >= 4 is 28.1 Å². The van der Waals surface area contributed by atoms with Crippen molar-refractivity contribution in [2.45, 2.75) is 26.7 Å². The van der Waals surface area contributed by atoms with E-state index in [1.165, 1.54) is 0 Å². The molecule has 4 rings (SSSR count). The number of benzene rings is 1. The molecule has 0 atom stereocenters. The van der Waals surface area contributed by atoms with E-state index < -0.39 is 5.91 Å². The minimum Gasteiger partial charge on any atom is -0.493 e. The van der Waals surface area contributed by atoms with Crippen LogP contribution < -0.4 is 0 Å². The fraction of sp³-hybridized carbons (Fsp3) is 0.200. The first kappa shape index (κ1) is 17.0. The number of rotatable bonds is 3. The van der Waals surface area contributed by atoms with Crippen molar-refractivity contribution in [3.8, 4) is 5.88 Å². The fourth-order valence-corrected chi connectivity index (χ4v) is 3.16. The number of azo groups is 1. The van der Waals surface area contributed by atoms with E-state index in [0.29, 0.717) is 23.0 Å². The molecule has 0 spiro atoms. The Kier molecular flexibility index (Phi) is 3.99. The second kappa shape index (κ2) is 6.35. The first-order valence-electron chi connectivity index (χ1n) is 8.70. The minimum absolute atomic E-state index is 0.114. The molecule has 0 fully saturated rings. The number of aromatic nitrogens is 3. The first-order valence-corrected chi connectivity index (χ1v) is 8.70. The molecule has 1 aromatic carbocycles. The number of hydrogen-bond donors (Lipinski definition) is 2. The molecule has 0 aliphatic carbocycles. The van der Waals surface area contributed by atoms with Gasteiger partial charge in [0.15, 0.2) is 5.69 Å². The monoisotopic (exact) mass is 361 g/mol. The lowest BCUT2D eigenvalue weighted by Crippen LogP contribution is -2.01. The molecule has 136 valence electrons. The zero-order valence-corrected chi connectivity index (χ0v) is 15.3. The van der Waals surface area contributed by atoms with E-state index in [2.05, 4.69) is 34.0 Å². The number of hydrogen-bond acceptors (Lipinski definition) is 4. The maximum absolute atomic E-state index is 12.6. The SMILES string of the molecule is Cc1nc2ccccn2c1C(=O)N=Nc1c(O)[nH]c2ccc(C(C)C)cc12. The van der Waals surface area contributed by atoms with Gasteiger partial charge in [0.25, 0.3) is 0 Å². The summed E-state index contributed by atoms with van der Waals surface area (Å²) in [6.45, 7) is 5.94. The van der Waals surface area contributed by atoms with Crippen molar-refractivity contribution in [1.29, 1.82) is 0 Å². The van der Waals surface area contributed by atoms with Crippen LogP contribution >= 0.6 is 0 Å². The summed E-state index contributed by atoms with van der Waals surface area (Å²) in [6, 6.07) is 11.3. The predicted octanol–water partition coefficient (Wildman–Crippen LogP) is 4.88. The summed E-state index contributed by atoms with van der Waals surface area (Å²) >= 11 is 0. The van der Waals surface area contributed by atoms with E-state index in [1.54, 1.807) is 17.5 Å². The second-order valence-corrected chi connectivity index (χ2v) is 6.76. The molecule has 7 heteroatoms. The molecular weight excluding hydrogens is 342 g/mol. The van der Waals surface area contributed by atoms with Crippen LogP contribution in [0.4, 0.5) is 5.69 Å². The zero-order chi connectivity index (χ0) is 19.1. The lowest BCUT2D eigenvalue weighted by molar-refractivity contribution is 0.0989. The quantitative estimate of drug-likeness (QED) is 0.509. The maximum atomic E-state index is 12.6. The van der Waals surface area contributed by atoms with Gasteiger partial charge >= 0.3 is 5.91 Å². The molecule has 4 aromatic rings. The molecule has 3 heterocycles. The van der Waals surface area contributed by atoms with Crippen molar-refractivity contribution in [2.24, 2.45) is 10.2 Å². The van der Waals surface area contributed by atoms with E-state index in [0.717, 1.165) is 16.5 Å². The topological polar surface area (TPSA) is 95.1 Å². The van der Waals surface area contributed by atoms with Crippen LogP contribution in [0.15, 0.2) is 52.8 Å². The fourth-order valence-electron chi connectivity index (χ4n) is 3.16. The lowest BCUT2D eigenvalue weighted by Gasteiger charge is -2.04. The summed E-state index contributed by atoms with van der Waals surface area (Å²) < 4.78 is 1.68. The molecule has 0 aliphatic heterocycles. The van der Waals surface area contributed by atoms with Gasteiger partial charge in [-0.3, -0.25) is 9.20 Å². The summed E-state index contributed by atoms with van der Waals surface area (Å²) in [6.07, 6.45) is 1.76. The smallest absolute Gasteiger partial charge is 0.314 e. The molecule has 0 saturated carbocycles. The van der Waals surface area contributed by atoms with Gasteiger partial charge in [0.05, 0.1) is 11.2 Å². The number of carbonyl (C=O) groups excluding carboxylic acids is 1. The van der Waals surface area contributed by atoms with Crippen LogP contribution in [-0.4, -0.2) is 25.4 Å². The van der Waals surface area contributed by atoms with E-state index in [-0.39, 0.29) is 11.6 Å². The van der Waals surface area contributed by atoms with E-state index in [9.17, 15) is 9.90 Å². The minimum atomic E-state index is -0.514. The van der Waals surface area contributed by atoms with Crippen LogP contribution in [0, 0.1) is 6.92 Å². The third-order valence-corrected chi connectivity index (χ3v) is 4.59. The molecule has 2 N–H and O–H groups in total. The Hall–Kier alpha value is -3.48. The van der Waals surface area contributed by atoms with Gasteiger partial charge in [-0.25, -0.2) is 4.98 Å². The molecule has 0 unspecified atom stereocenters. The number of fused-ring (bicyclic) bond motifs is 2. The average Bonchev–Trinajstić information content (AvgIpc) is 3.14. The van der Waals surface area contributed by atoms with Crippen molar-refractivity contribution < 1.29 is 9.90 Å². The van der Waals surface area contributed by atoms with Crippen LogP contribution in [-0.2, 0) is 0 Å². The summed E-state index contributed by atoms with van der Waals surface area (Å²) in [5.41, 5.74) is 3.72. The number of H-pyrrole nitrogens is 1. The number of imidazole rings is 1. The van der Waals surface area contributed by atoms with E-state index in [1.807, 2.05) is 36.4 Å². The Morgan fingerprint density at radius 3 is 2.85 bits per heavy atom. The molecule has 0 radical (unpaired) electrons. The normalized spacial score (nSPS) is 12.0. The molecule has 7 nitrogen and oxygen atoms in total. The number of nitrogens with one attached hydrogen (secondary N) is 1. The van der Waals surface area contributed by atoms with Gasteiger partial charge < -0.3 is 10.1 Å². The predicted molar refractivity (Wildman–Crippen MR) is 103 cm³/mol. The van der Waals surface area contributed by atoms with Crippen LogP contribution in [0.2, 0.25) is 0 Å². The number of amides is 1. The van der Waals surface area contributed by atoms with E-state index in [4.69, 9.17) is 0 Å². The molecule has 27 heavy (non-hydrogen) atoms. The number of aromatic hydroxyl groups is 1. The highest BCUT2D eigenvalue weighted by Crippen LogP contribution is 2.37. The zero-order valence-electron chi connectivity index (χ0n) is 15.3. The number of carbonyl (C=O) groups is 1. The molecule has 1 amide bonds. The summed E-state index contributed by atoms with van der Waals surface area (Å²) in [7, 11) is 0.